The van der Waals surface area contributed by atoms with Crippen molar-refractivity contribution in [3.05, 3.63) is 34.3 Å². The van der Waals surface area contributed by atoms with Crippen LogP contribution in [-0.4, -0.2) is 29.9 Å². The number of hydrogen-bond acceptors (Lipinski definition) is 2. The van der Waals surface area contributed by atoms with Crippen molar-refractivity contribution in [2.24, 2.45) is 5.73 Å². The molecule has 2 N–H and O–H groups in total. The quantitative estimate of drug-likeness (QED) is 0.927. The van der Waals surface area contributed by atoms with Gasteiger partial charge < -0.3 is 10.6 Å². The van der Waals surface area contributed by atoms with E-state index in [1.165, 1.54) is 5.56 Å². The summed E-state index contributed by atoms with van der Waals surface area (Å²) in [6.45, 7) is 1.54. The van der Waals surface area contributed by atoms with Crippen molar-refractivity contribution in [1.82, 2.24) is 4.90 Å². The van der Waals surface area contributed by atoms with Gasteiger partial charge in [-0.15, -0.1) is 0 Å². The Hall–Kier alpha value is -0.870. The van der Waals surface area contributed by atoms with E-state index in [0.717, 1.165) is 30.4 Å². The fourth-order valence-corrected chi connectivity index (χ4v) is 2.34. The zero-order chi connectivity index (χ0) is 12.3. The standard InChI is InChI=1S/C13H17BrN2O/c14-11-4-1-10(2-5-11)3-6-13(17)16-8-7-12(15)9-16/h1-2,4-5,12H,3,6-9,15H2/t12-/m1/s1. The molecule has 17 heavy (non-hydrogen) atoms. The van der Waals surface area contributed by atoms with Gasteiger partial charge in [0.1, 0.15) is 0 Å². The average molecular weight is 297 g/mol. The number of benzene rings is 1. The van der Waals surface area contributed by atoms with Crippen LogP contribution >= 0.6 is 15.9 Å². The Morgan fingerprint density at radius 2 is 2.12 bits per heavy atom. The first kappa shape index (κ1) is 12.6. The van der Waals surface area contributed by atoms with E-state index in [1.54, 1.807) is 0 Å². The van der Waals surface area contributed by atoms with Crippen molar-refractivity contribution in [1.29, 1.82) is 0 Å². The summed E-state index contributed by atoms with van der Waals surface area (Å²) in [5.41, 5.74) is 6.99. The molecule has 1 aliphatic heterocycles. The summed E-state index contributed by atoms with van der Waals surface area (Å²) < 4.78 is 1.07. The molecule has 0 spiro atoms. The smallest absolute Gasteiger partial charge is 0.222 e. The molecule has 1 aromatic rings. The van der Waals surface area contributed by atoms with Crippen LogP contribution in [0.4, 0.5) is 0 Å². The van der Waals surface area contributed by atoms with Crippen LogP contribution in [0.3, 0.4) is 0 Å². The Morgan fingerprint density at radius 1 is 1.41 bits per heavy atom. The number of carbonyl (C=O) groups is 1. The molecule has 0 aliphatic carbocycles. The minimum Gasteiger partial charge on any atom is -0.341 e. The summed E-state index contributed by atoms with van der Waals surface area (Å²) in [6, 6.07) is 8.28. The highest BCUT2D eigenvalue weighted by molar-refractivity contribution is 9.10. The Morgan fingerprint density at radius 3 is 2.71 bits per heavy atom. The molecule has 1 aliphatic rings. The molecular weight excluding hydrogens is 280 g/mol. The number of nitrogens with two attached hydrogens (primary N) is 1. The topological polar surface area (TPSA) is 46.3 Å². The third-order valence-corrected chi connectivity index (χ3v) is 3.65. The molecule has 1 fully saturated rings. The van der Waals surface area contributed by atoms with E-state index < -0.39 is 0 Å². The molecule has 2 rings (SSSR count). The SMILES string of the molecule is N[C@@H]1CCN(C(=O)CCc2ccc(Br)cc2)C1. The van der Waals surface area contributed by atoms with Crippen LogP contribution in [0.25, 0.3) is 0 Å². The summed E-state index contributed by atoms with van der Waals surface area (Å²) >= 11 is 3.40. The van der Waals surface area contributed by atoms with Crippen LogP contribution in [0.1, 0.15) is 18.4 Å². The van der Waals surface area contributed by atoms with Gasteiger partial charge in [-0.25, -0.2) is 0 Å². The summed E-state index contributed by atoms with van der Waals surface area (Å²) in [7, 11) is 0. The van der Waals surface area contributed by atoms with E-state index in [4.69, 9.17) is 5.73 Å². The minimum atomic E-state index is 0.173. The van der Waals surface area contributed by atoms with Crippen LogP contribution < -0.4 is 5.73 Å². The maximum Gasteiger partial charge on any atom is 0.222 e. The third kappa shape index (κ3) is 3.54. The van der Waals surface area contributed by atoms with Crippen molar-refractivity contribution < 1.29 is 4.79 Å². The first-order valence-electron chi connectivity index (χ1n) is 5.93. The van der Waals surface area contributed by atoms with Crippen molar-refractivity contribution in [3.8, 4) is 0 Å². The number of amides is 1. The zero-order valence-corrected chi connectivity index (χ0v) is 11.3. The maximum atomic E-state index is 11.9. The second kappa shape index (κ2) is 5.65. The second-order valence-electron chi connectivity index (χ2n) is 4.51. The predicted octanol–water partition coefficient (Wildman–Crippen LogP) is 1.94. The van der Waals surface area contributed by atoms with Gasteiger partial charge in [0.25, 0.3) is 0 Å². The predicted molar refractivity (Wildman–Crippen MR) is 71.6 cm³/mol. The van der Waals surface area contributed by atoms with Crippen LogP contribution in [0, 0.1) is 0 Å². The number of carbonyl (C=O) groups excluding carboxylic acids is 1. The summed E-state index contributed by atoms with van der Waals surface area (Å²) in [5.74, 6) is 0.223. The van der Waals surface area contributed by atoms with E-state index >= 15 is 0 Å². The van der Waals surface area contributed by atoms with Gasteiger partial charge in [0.2, 0.25) is 5.91 Å². The molecule has 1 atom stereocenters. The highest BCUT2D eigenvalue weighted by Gasteiger charge is 2.22. The minimum absolute atomic E-state index is 0.173. The molecule has 3 nitrogen and oxygen atoms in total. The van der Waals surface area contributed by atoms with E-state index in [9.17, 15) is 4.79 Å². The lowest BCUT2D eigenvalue weighted by atomic mass is 10.1. The molecule has 92 valence electrons. The lowest BCUT2D eigenvalue weighted by molar-refractivity contribution is -0.130. The first-order chi connectivity index (χ1) is 8.15. The van der Waals surface area contributed by atoms with Gasteiger partial charge >= 0.3 is 0 Å². The lowest BCUT2D eigenvalue weighted by Gasteiger charge is -2.15. The van der Waals surface area contributed by atoms with Gasteiger partial charge in [0.15, 0.2) is 0 Å². The number of nitrogens with zero attached hydrogens (tertiary/aromatic N) is 1. The molecule has 0 unspecified atom stereocenters. The normalized spacial score (nSPS) is 19.6. The number of rotatable bonds is 3. The zero-order valence-electron chi connectivity index (χ0n) is 9.73. The molecule has 1 saturated heterocycles. The van der Waals surface area contributed by atoms with Gasteiger partial charge in [0.05, 0.1) is 0 Å². The Labute approximate surface area is 110 Å². The molecule has 0 radical (unpaired) electrons. The second-order valence-corrected chi connectivity index (χ2v) is 5.43. The lowest BCUT2D eigenvalue weighted by Crippen LogP contribution is -2.31. The van der Waals surface area contributed by atoms with E-state index in [0.29, 0.717) is 6.42 Å². The van der Waals surface area contributed by atoms with Crippen LogP contribution in [0.2, 0.25) is 0 Å². The van der Waals surface area contributed by atoms with E-state index in [-0.39, 0.29) is 11.9 Å². The Bertz CT molecular complexity index is 391. The summed E-state index contributed by atoms with van der Waals surface area (Å²) in [5, 5.41) is 0. The molecule has 0 bridgehead atoms. The number of hydrogen-bond donors (Lipinski definition) is 1. The molecular formula is C13H17BrN2O. The van der Waals surface area contributed by atoms with Crippen LogP contribution in [0.15, 0.2) is 28.7 Å². The van der Waals surface area contributed by atoms with Crippen molar-refractivity contribution >= 4 is 21.8 Å². The van der Waals surface area contributed by atoms with Gasteiger partial charge in [-0.05, 0) is 30.5 Å². The fraction of sp³-hybridized carbons (Fsp3) is 0.462. The molecule has 0 aromatic heterocycles. The number of halogens is 1. The number of aryl methyl sites for hydroxylation is 1. The third-order valence-electron chi connectivity index (χ3n) is 3.12. The summed E-state index contributed by atoms with van der Waals surface area (Å²) in [4.78, 5) is 13.8. The van der Waals surface area contributed by atoms with Gasteiger partial charge in [-0.3, -0.25) is 4.79 Å². The molecule has 1 aromatic carbocycles. The van der Waals surface area contributed by atoms with Gasteiger partial charge in [0, 0.05) is 30.0 Å². The Kier molecular flexibility index (Phi) is 4.18. The van der Waals surface area contributed by atoms with Crippen LogP contribution in [0.5, 0.6) is 0 Å². The van der Waals surface area contributed by atoms with E-state index in [2.05, 4.69) is 15.9 Å². The van der Waals surface area contributed by atoms with Crippen molar-refractivity contribution in [2.45, 2.75) is 25.3 Å². The van der Waals surface area contributed by atoms with Crippen LogP contribution in [-0.2, 0) is 11.2 Å². The average Bonchev–Trinajstić information content (AvgIpc) is 2.75. The maximum absolute atomic E-state index is 11.9. The highest BCUT2D eigenvalue weighted by atomic mass is 79.9. The van der Waals surface area contributed by atoms with Gasteiger partial charge in [-0.2, -0.15) is 0 Å². The Balaban J connectivity index is 1.82. The van der Waals surface area contributed by atoms with E-state index in [1.807, 2.05) is 29.2 Å². The molecule has 1 amide bonds. The van der Waals surface area contributed by atoms with Gasteiger partial charge in [-0.1, -0.05) is 28.1 Å². The fourth-order valence-electron chi connectivity index (χ4n) is 2.07. The molecule has 0 saturated carbocycles. The first-order valence-corrected chi connectivity index (χ1v) is 6.72. The molecule has 1 heterocycles. The number of likely N-dealkylation sites (tertiary alicyclic amines) is 1. The monoisotopic (exact) mass is 296 g/mol. The van der Waals surface area contributed by atoms with Crippen molar-refractivity contribution in [2.75, 3.05) is 13.1 Å². The van der Waals surface area contributed by atoms with Crippen molar-refractivity contribution in [3.63, 3.8) is 0 Å². The summed E-state index contributed by atoms with van der Waals surface area (Å²) in [6.07, 6.45) is 2.32. The molecule has 4 heteroatoms. The largest absolute Gasteiger partial charge is 0.341 e. The highest BCUT2D eigenvalue weighted by Crippen LogP contribution is 2.14.